The molecule has 1 aliphatic carbocycles. The summed E-state index contributed by atoms with van der Waals surface area (Å²) >= 11 is 0. The molecule has 1 saturated carbocycles. The van der Waals surface area contributed by atoms with Crippen LogP contribution in [0.3, 0.4) is 0 Å². The van der Waals surface area contributed by atoms with Crippen LogP contribution in [0.25, 0.3) is 0 Å². The van der Waals surface area contributed by atoms with Crippen molar-refractivity contribution in [3.8, 4) is 0 Å². The smallest absolute Gasteiger partial charge is 0.319 e. The lowest BCUT2D eigenvalue weighted by Crippen LogP contribution is -2.43. The molecule has 2 amide bonds. The molecule has 3 atom stereocenters. The molecule has 1 heterocycles. The second-order valence-electron chi connectivity index (χ2n) is 5.16. The van der Waals surface area contributed by atoms with Gasteiger partial charge in [0.05, 0.1) is 0 Å². The average Bonchev–Trinajstić information content (AvgIpc) is 2.74. The predicted molar refractivity (Wildman–Crippen MR) is 60.7 cm³/mol. The first-order valence-corrected chi connectivity index (χ1v) is 6.13. The van der Waals surface area contributed by atoms with Gasteiger partial charge in [-0.15, -0.1) is 0 Å². The first-order chi connectivity index (χ1) is 7.15. The zero-order chi connectivity index (χ0) is 11.0. The molecule has 0 aromatic rings. The Balaban J connectivity index is 2.10. The lowest BCUT2D eigenvalue weighted by Gasteiger charge is -2.29. The Labute approximate surface area is 92.4 Å². The highest BCUT2D eigenvalue weighted by Crippen LogP contribution is 2.43. The quantitative estimate of drug-likeness (QED) is 0.650. The zero-order valence-corrected chi connectivity index (χ0v) is 10.1. The largest absolute Gasteiger partial charge is 0.331 e. The molecular weight excluding hydrogens is 188 g/mol. The van der Waals surface area contributed by atoms with Gasteiger partial charge in [0.2, 0.25) is 0 Å². The van der Waals surface area contributed by atoms with Crippen molar-refractivity contribution < 1.29 is 4.79 Å². The number of amides is 2. The maximum Gasteiger partial charge on any atom is 0.319 e. The minimum Gasteiger partial charge on any atom is -0.331 e. The first kappa shape index (κ1) is 10.8. The van der Waals surface area contributed by atoms with Gasteiger partial charge in [-0.3, -0.25) is 0 Å². The highest BCUT2D eigenvalue weighted by Gasteiger charge is 2.45. The predicted octanol–water partition coefficient (Wildman–Crippen LogP) is 2.18. The van der Waals surface area contributed by atoms with Crippen LogP contribution >= 0.6 is 0 Å². The minimum absolute atomic E-state index is 0.205. The monoisotopic (exact) mass is 210 g/mol. The average molecular weight is 210 g/mol. The van der Waals surface area contributed by atoms with Gasteiger partial charge in [0, 0.05) is 26.7 Å². The van der Waals surface area contributed by atoms with Crippen LogP contribution in [-0.2, 0) is 0 Å². The van der Waals surface area contributed by atoms with Crippen LogP contribution in [0.2, 0.25) is 0 Å². The Morgan fingerprint density at radius 3 is 2.73 bits per heavy atom. The van der Waals surface area contributed by atoms with Gasteiger partial charge in [-0.1, -0.05) is 13.3 Å². The summed E-state index contributed by atoms with van der Waals surface area (Å²) in [6.07, 6.45) is 5.15. The number of nitrogens with zero attached hydrogens (tertiary/aromatic N) is 2. The molecule has 1 aliphatic heterocycles. The van der Waals surface area contributed by atoms with Crippen LogP contribution in [-0.4, -0.2) is 42.5 Å². The topological polar surface area (TPSA) is 23.6 Å². The molecule has 3 heteroatoms. The number of fused-ring (bicyclic) bond motifs is 1. The number of carbonyl (C=O) groups excluding carboxylic acids is 1. The van der Waals surface area contributed by atoms with Crippen molar-refractivity contribution in [2.24, 2.45) is 11.8 Å². The number of urea groups is 1. The van der Waals surface area contributed by atoms with Crippen molar-refractivity contribution in [2.75, 3.05) is 20.6 Å². The molecule has 0 aromatic carbocycles. The van der Waals surface area contributed by atoms with Crippen LogP contribution in [0.1, 0.15) is 32.6 Å². The molecule has 0 N–H and O–H groups in total. The van der Waals surface area contributed by atoms with Gasteiger partial charge in [-0.2, -0.15) is 0 Å². The normalized spacial score (nSPS) is 34.3. The van der Waals surface area contributed by atoms with Crippen molar-refractivity contribution in [1.29, 1.82) is 0 Å². The van der Waals surface area contributed by atoms with Crippen molar-refractivity contribution in [1.82, 2.24) is 9.80 Å². The second-order valence-corrected chi connectivity index (χ2v) is 5.16. The van der Waals surface area contributed by atoms with Crippen LogP contribution in [0, 0.1) is 11.8 Å². The lowest BCUT2D eigenvalue weighted by molar-refractivity contribution is 0.156. The van der Waals surface area contributed by atoms with Gasteiger partial charge in [0.1, 0.15) is 0 Å². The summed E-state index contributed by atoms with van der Waals surface area (Å²) in [5.41, 5.74) is 0. The molecule has 2 fully saturated rings. The minimum atomic E-state index is 0.205. The third kappa shape index (κ3) is 1.72. The number of carbonyl (C=O) groups is 1. The SMILES string of the molecule is CCC1C2CCCC2CN1C(=O)N(C)C. The van der Waals surface area contributed by atoms with E-state index in [2.05, 4.69) is 11.8 Å². The Hall–Kier alpha value is -0.730. The summed E-state index contributed by atoms with van der Waals surface area (Å²) in [4.78, 5) is 15.8. The fourth-order valence-electron chi connectivity index (χ4n) is 3.42. The number of hydrogen-bond donors (Lipinski definition) is 0. The molecule has 2 rings (SSSR count). The maximum absolute atomic E-state index is 12.0. The molecule has 0 radical (unpaired) electrons. The van der Waals surface area contributed by atoms with Gasteiger partial charge in [-0.05, 0) is 31.1 Å². The molecule has 2 aliphatic rings. The lowest BCUT2D eigenvalue weighted by atomic mass is 9.93. The van der Waals surface area contributed by atoms with Crippen LogP contribution < -0.4 is 0 Å². The standard InChI is InChI=1S/C12H22N2O/c1-4-11-10-7-5-6-9(10)8-14(11)12(15)13(2)3/h9-11H,4-8H2,1-3H3. The molecule has 86 valence electrons. The van der Waals surface area contributed by atoms with E-state index in [9.17, 15) is 4.79 Å². The molecule has 0 bridgehead atoms. The Morgan fingerprint density at radius 1 is 1.40 bits per heavy atom. The van der Waals surface area contributed by atoms with E-state index in [1.807, 2.05) is 14.1 Å². The van der Waals surface area contributed by atoms with Crippen molar-refractivity contribution >= 4 is 6.03 Å². The van der Waals surface area contributed by atoms with Gasteiger partial charge in [0.15, 0.2) is 0 Å². The molecule has 3 nitrogen and oxygen atoms in total. The Bertz CT molecular complexity index is 252. The fraction of sp³-hybridized carbons (Fsp3) is 0.917. The maximum atomic E-state index is 12.0. The summed E-state index contributed by atoms with van der Waals surface area (Å²) in [6.45, 7) is 3.21. The Morgan fingerprint density at radius 2 is 2.13 bits per heavy atom. The molecule has 3 unspecified atom stereocenters. The van der Waals surface area contributed by atoms with Crippen LogP contribution in [0.5, 0.6) is 0 Å². The number of rotatable bonds is 1. The zero-order valence-electron chi connectivity index (χ0n) is 10.1. The highest BCUT2D eigenvalue weighted by molar-refractivity contribution is 5.74. The molecular formula is C12H22N2O. The van der Waals surface area contributed by atoms with Crippen LogP contribution in [0.15, 0.2) is 0 Å². The van der Waals surface area contributed by atoms with E-state index < -0.39 is 0 Å². The number of likely N-dealkylation sites (tertiary alicyclic amines) is 1. The van der Waals surface area contributed by atoms with E-state index in [1.54, 1.807) is 4.90 Å². The third-order valence-electron chi connectivity index (χ3n) is 4.09. The van der Waals surface area contributed by atoms with E-state index >= 15 is 0 Å². The van der Waals surface area contributed by atoms with E-state index in [0.717, 1.165) is 24.8 Å². The van der Waals surface area contributed by atoms with Gasteiger partial charge >= 0.3 is 6.03 Å². The highest BCUT2D eigenvalue weighted by atomic mass is 16.2. The summed E-state index contributed by atoms with van der Waals surface area (Å²) in [5, 5.41) is 0. The molecule has 1 saturated heterocycles. The third-order valence-corrected chi connectivity index (χ3v) is 4.09. The summed E-state index contributed by atoms with van der Waals surface area (Å²) < 4.78 is 0. The summed E-state index contributed by atoms with van der Waals surface area (Å²) in [7, 11) is 3.70. The number of hydrogen-bond acceptors (Lipinski definition) is 1. The summed E-state index contributed by atoms with van der Waals surface area (Å²) in [5.74, 6) is 1.58. The van der Waals surface area contributed by atoms with Crippen molar-refractivity contribution in [3.63, 3.8) is 0 Å². The van der Waals surface area contributed by atoms with E-state index in [4.69, 9.17) is 0 Å². The fourth-order valence-corrected chi connectivity index (χ4v) is 3.42. The van der Waals surface area contributed by atoms with E-state index in [-0.39, 0.29) is 6.03 Å². The summed E-state index contributed by atoms with van der Waals surface area (Å²) in [6, 6.07) is 0.712. The van der Waals surface area contributed by atoms with Crippen molar-refractivity contribution in [3.05, 3.63) is 0 Å². The van der Waals surface area contributed by atoms with Gasteiger partial charge < -0.3 is 9.80 Å². The van der Waals surface area contributed by atoms with Crippen LogP contribution in [0.4, 0.5) is 4.79 Å². The van der Waals surface area contributed by atoms with E-state index in [1.165, 1.54) is 19.3 Å². The van der Waals surface area contributed by atoms with Crippen molar-refractivity contribution in [2.45, 2.75) is 38.6 Å². The second kappa shape index (κ2) is 4.03. The first-order valence-electron chi connectivity index (χ1n) is 6.13. The van der Waals surface area contributed by atoms with Gasteiger partial charge in [0.25, 0.3) is 0 Å². The van der Waals surface area contributed by atoms with E-state index in [0.29, 0.717) is 6.04 Å². The molecule has 0 aromatic heterocycles. The molecule has 0 spiro atoms. The molecule has 15 heavy (non-hydrogen) atoms. The van der Waals surface area contributed by atoms with Gasteiger partial charge in [-0.25, -0.2) is 4.79 Å². The Kier molecular flexibility index (Phi) is 2.89.